The molecule has 1 unspecified atom stereocenters. The summed E-state index contributed by atoms with van der Waals surface area (Å²) in [6, 6.07) is 4.01. The highest BCUT2D eigenvalue weighted by Gasteiger charge is 2.18. The number of rotatable bonds is 5. The molecule has 1 aromatic carbocycles. The van der Waals surface area contributed by atoms with Gasteiger partial charge in [-0.3, -0.25) is 4.79 Å². The Balaban J connectivity index is 1.96. The smallest absolute Gasteiger partial charge is 0.226 e. The molecule has 2 aromatic rings. The summed E-state index contributed by atoms with van der Waals surface area (Å²) < 4.78 is 13.0. The van der Waals surface area contributed by atoms with Crippen LogP contribution in [0.2, 0.25) is 5.02 Å². The fourth-order valence-electron chi connectivity index (χ4n) is 1.94. The van der Waals surface area contributed by atoms with E-state index in [1.165, 1.54) is 18.2 Å². The Hall–Kier alpha value is -2.02. The number of carbonyl (C=O) groups is 1. The van der Waals surface area contributed by atoms with Crippen molar-refractivity contribution < 1.29 is 9.18 Å². The molecular weight excluding hydrogens is 297 g/mol. The minimum Gasteiger partial charge on any atom is -0.345 e. The van der Waals surface area contributed by atoms with E-state index in [1.54, 1.807) is 11.9 Å². The summed E-state index contributed by atoms with van der Waals surface area (Å²) in [6.07, 6.45) is 0.120. The number of halogens is 2. The van der Waals surface area contributed by atoms with Gasteiger partial charge in [-0.05, 0) is 17.7 Å². The van der Waals surface area contributed by atoms with Gasteiger partial charge in [0.05, 0.1) is 6.42 Å². The molecule has 8 heteroatoms. The number of benzene rings is 1. The number of aromatic nitrogens is 4. The van der Waals surface area contributed by atoms with Crippen LogP contribution in [0.3, 0.4) is 0 Å². The lowest BCUT2D eigenvalue weighted by molar-refractivity contribution is -0.129. The van der Waals surface area contributed by atoms with Crippen LogP contribution in [0.25, 0.3) is 0 Å². The number of aromatic amines is 1. The van der Waals surface area contributed by atoms with Crippen molar-refractivity contribution in [3.63, 3.8) is 0 Å². The first-order valence-corrected chi connectivity index (χ1v) is 6.76. The van der Waals surface area contributed by atoms with Crippen molar-refractivity contribution in [1.29, 1.82) is 0 Å². The molecule has 112 valence electrons. The lowest BCUT2D eigenvalue weighted by Crippen LogP contribution is -2.32. The number of hydrogen-bond donors (Lipinski definition) is 1. The van der Waals surface area contributed by atoms with Gasteiger partial charge in [-0.1, -0.05) is 29.8 Å². The van der Waals surface area contributed by atoms with Crippen LogP contribution in [0.5, 0.6) is 0 Å². The van der Waals surface area contributed by atoms with E-state index in [9.17, 15) is 9.18 Å². The van der Waals surface area contributed by atoms with E-state index < -0.39 is 5.82 Å². The van der Waals surface area contributed by atoms with E-state index in [0.717, 1.165) is 0 Å². The molecule has 0 fully saturated rings. The van der Waals surface area contributed by atoms with Crippen LogP contribution >= 0.6 is 11.6 Å². The average molecular weight is 312 g/mol. The Morgan fingerprint density at radius 3 is 2.90 bits per heavy atom. The van der Waals surface area contributed by atoms with Gasteiger partial charge in [0.25, 0.3) is 0 Å². The molecule has 0 spiro atoms. The van der Waals surface area contributed by atoms with Gasteiger partial charge in [0, 0.05) is 24.5 Å². The summed E-state index contributed by atoms with van der Waals surface area (Å²) in [5, 5.41) is 13.9. The number of tetrazole rings is 1. The number of hydrogen-bond acceptors (Lipinski definition) is 4. The lowest BCUT2D eigenvalue weighted by Gasteiger charge is -2.20. The minimum absolute atomic E-state index is 0.0404. The number of amides is 1. The Labute approximate surface area is 126 Å². The molecule has 1 aromatic heterocycles. The SMILES string of the molecule is CC(CN(C)C(=O)Cc1ccc(F)cc1Cl)c1nn[nH]n1. The third-order valence-electron chi connectivity index (χ3n) is 3.13. The normalized spacial score (nSPS) is 12.2. The van der Waals surface area contributed by atoms with Gasteiger partial charge < -0.3 is 4.90 Å². The summed E-state index contributed by atoms with van der Waals surface area (Å²) in [5.41, 5.74) is 0.599. The molecule has 1 N–H and O–H groups in total. The zero-order valence-electron chi connectivity index (χ0n) is 11.7. The van der Waals surface area contributed by atoms with Gasteiger partial charge in [-0.15, -0.1) is 10.2 Å². The third kappa shape index (κ3) is 3.98. The summed E-state index contributed by atoms with van der Waals surface area (Å²) in [6.45, 7) is 2.36. The van der Waals surface area contributed by atoms with Crippen molar-refractivity contribution >= 4 is 17.5 Å². The first-order valence-electron chi connectivity index (χ1n) is 6.38. The van der Waals surface area contributed by atoms with Crippen LogP contribution in [0.4, 0.5) is 4.39 Å². The van der Waals surface area contributed by atoms with Gasteiger partial charge in [0.15, 0.2) is 5.82 Å². The predicted molar refractivity (Wildman–Crippen MR) is 75.3 cm³/mol. The molecule has 21 heavy (non-hydrogen) atoms. The molecule has 0 bridgehead atoms. The largest absolute Gasteiger partial charge is 0.345 e. The molecule has 2 rings (SSSR count). The van der Waals surface area contributed by atoms with E-state index >= 15 is 0 Å². The third-order valence-corrected chi connectivity index (χ3v) is 3.48. The van der Waals surface area contributed by atoms with Gasteiger partial charge >= 0.3 is 0 Å². The maximum atomic E-state index is 13.0. The molecule has 6 nitrogen and oxygen atoms in total. The Kier molecular flexibility index (Phi) is 4.85. The van der Waals surface area contributed by atoms with Crippen LogP contribution in [-0.2, 0) is 11.2 Å². The minimum atomic E-state index is -0.421. The second-order valence-electron chi connectivity index (χ2n) is 4.86. The summed E-state index contributed by atoms with van der Waals surface area (Å²) in [4.78, 5) is 13.7. The van der Waals surface area contributed by atoms with Crippen molar-refractivity contribution in [2.24, 2.45) is 0 Å². The molecule has 0 radical (unpaired) electrons. The number of nitrogens with one attached hydrogen (secondary N) is 1. The van der Waals surface area contributed by atoms with Crippen molar-refractivity contribution in [3.8, 4) is 0 Å². The fraction of sp³-hybridized carbons (Fsp3) is 0.385. The molecular formula is C13H15ClFN5O. The highest BCUT2D eigenvalue weighted by molar-refractivity contribution is 6.31. The van der Waals surface area contributed by atoms with Crippen molar-refractivity contribution in [1.82, 2.24) is 25.5 Å². The zero-order chi connectivity index (χ0) is 15.4. The zero-order valence-corrected chi connectivity index (χ0v) is 12.4. The molecule has 1 amide bonds. The molecule has 0 saturated carbocycles. The van der Waals surface area contributed by atoms with E-state index in [1.807, 2.05) is 6.92 Å². The quantitative estimate of drug-likeness (QED) is 0.913. The van der Waals surface area contributed by atoms with Crippen molar-refractivity contribution in [3.05, 3.63) is 40.4 Å². The fourth-order valence-corrected chi connectivity index (χ4v) is 2.17. The van der Waals surface area contributed by atoms with Gasteiger partial charge in [-0.25, -0.2) is 4.39 Å². The molecule has 0 aliphatic carbocycles. The van der Waals surface area contributed by atoms with E-state index in [4.69, 9.17) is 11.6 Å². The topological polar surface area (TPSA) is 74.8 Å². The molecule has 1 atom stereocenters. The summed E-state index contributed by atoms with van der Waals surface area (Å²) in [5.74, 6) is -0.0232. The highest BCUT2D eigenvalue weighted by atomic mass is 35.5. The Bertz CT molecular complexity index is 619. The van der Waals surface area contributed by atoms with Crippen LogP contribution < -0.4 is 0 Å². The highest BCUT2D eigenvalue weighted by Crippen LogP contribution is 2.19. The van der Waals surface area contributed by atoms with Crippen LogP contribution in [0, 0.1) is 5.82 Å². The van der Waals surface area contributed by atoms with Gasteiger partial charge in [-0.2, -0.15) is 5.21 Å². The summed E-state index contributed by atoms with van der Waals surface area (Å²) >= 11 is 5.92. The average Bonchev–Trinajstić information content (AvgIpc) is 2.95. The lowest BCUT2D eigenvalue weighted by atomic mass is 10.1. The second-order valence-corrected chi connectivity index (χ2v) is 5.27. The predicted octanol–water partition coefficient (Wildman–Crippen LogP) is 1.80. The monoisotopic (exact) mass is 311 g/mol. The number of carbonyl (C=O) groups excluding carboxylic acids is 1. The van der Waals surface area contributed by atoms with Crippen LogP contribution in [-0.4, -0.2) is 45.0 Å². The van der Waals surface area contributed by atoms with E-state index in [2.05, 4.69) is 20.6 Å². The molecule has 0 saturated heterocycles. The molecule has 1 heterocycles. The number of nitrogens with zero attached hydrogens (tertiary/aromatic N) is 4. The van der Waals surface area contributed by atoms with E-state index in [-0.39, 0.29) is 23.3 Å². The maximum absolute atomic E-state index is 13.0. The van der Waals surface area contributed by atoms with Crippen LogP contribution in [0.1, 0.15) is 24.2 Å². The number of H-pyrrole nitrogens is 1. The number of likely N-dealkylation sites (N-methyl/N-ethyl adjacent to an activating group) is 1. The maximum Gasteiger partial charge on any atom is 0.226 e. The standard InChI is InChI=1S/C13H15ClFN5O/c1-8(13-16-18-19-17-13)7-20(2)12(21)5-9-3-4-10(15)6-11(9)14/h3-4,6,8H,5,7H2,1-2H3,(H,16,17,18,19). The first kappa shape index (κ1) is 15.4. The second kappa shape index (κ2) is 6.62. The van der Waals surface area contributed by atoms with Gasteiger partial charge in [0.2, 0.25) is 5.91 Å². The Morgan fingerprint density at radius 1 is 1.52 bits per heavy atom. The first-order chi connectivity index (χ1) is 9.97. The summed E-state index contributed by atoms with van der Waals surface area (Å²) in [7, 11) is 1.69. The van der Waals surface area contributed by atoms with Gasteiger partial charge in [0.1, 0.15) is 5.82 Å². The molecule has 0 aliphatic heterocycles. The van der Waals surface area contributed by atoms with Crippen LogP contribution in [0.15, 0.2) is 18.2 Å². The van der Waals surface area contributed by atoms with E-state index in [0.29, 0.717) is 17.9 Å². The Morgan fingerprint density at radius 2 is 2.29 bits per heavy atom. The molecule has 0 aliphatic rings. The van der Waals surface area contributed by atoms with Crippen molar-refractivity contribution in [2.45, 2.75) is 19.3 Å². The van der Waals surface area contributed by atoms with Crippen molar-refractivity contribution in [2.75, 3.05) is 13.6 Å².